The van der Waals surface area contributed by atoms with Gasteiger partial charge in [0.25, 0.3) is 5.91 Å². The van der Waals surface area contributed by atoms with Crippen LogP contribution in [0.5, 0.6) is 0 Å². The number of carbonyl (C=O) groups is 1. The van der Waals surface area contributed by atoms with Crippen LogP contribution in [0.2, 0.25) is 5.02 Å². The minimum Gasteiger partial charge on any atom is -0.317 e. The Morgan fingerprint density at radius 1 is 1.47 bits per heavy atom. The molecular formula is C11H12BrClN2O3S. The van der Waals surface area contributed by atoms with E-state index < -0.39 is 21.5 Å². The van der Waals surface area contributed by atoms with E-state index in [-0.39, 0.29) is 5.75 Å². The molecule has 1 aromatic carbocycles. The Morgan fingerprint density at radius 2 is 2.11 bits per heavy atom. The summed E-state index contributed by atoms with van der Waals surface area (Å²) in [5.74, 6) is -1.01. The quantitative estimate of drug-likeness (QED) is 0.845. The summed E-state index contributed by atoms with van der Waals surface area (Å²) >= 11 is 9.17. The molecule has 1 aliphatic carbocycles. The summed E-state index contributed by atoms with van der Waals surface area (Å²) in [5, 5.41) is 0.320. The van der Waals surface area contributed by atoms with Crippen molar-refractivity contribution in [2.45, 2.75) is 24.1 Å². The van der Waals surface area contributed by atoms with Gasteiger partial charge >= 0.3 is 0 Å². The summed E-state index contributed by atoms with van der Waals surface area (Å²) in [6.07, 6.45) is 1.01. The van der Waals surface area contributed by atoms with Gasteiger partial charge in [0, 0.05) is 9.50 Å². The maximum absolute atomic E-state index is 11.9. The van der Waals surface area contributed by atoms with Gasteiger partial charge in [-0.25, -0.2) is 8.42 Å². The van der Waals surface area contributed by atoms with Crippen molar-refractivity contribution in [2.24, 2.45) is 5.73 Å². The topological polar surface area (TPSA) is 89.3 Å². The van der Waals surface area contributed by atoms with Crippen LogP contribution >= 0.6 is 27.5 Å². The number of nitrogens with two attached hydrogens (primary N) is 1. The summed E-state index contributed by atoms with van der Waals surface area (Å²) in [7, 11) is -3.79. The largest absolute Gasteiger partial charge is 0.317 e. The molecule has 5 nitrogen and oxygen atoms in total. The molecule has 1 aliphatic rings. The average molecular weight is 368 g/mol. The number of carbonyl (C=O) groups excluding carboxylic acids is 1. The van der Waals surface area contributed by atoms with E-state index in [2.05, 4.69) is 15.9 Å². The molecule has 0 atom stereocenters. The lowest BCUT2D eigenvalue weighted by Gasteiger charge is -2.11. The fourth-order valence-electron chi connectivity index (χ4n) is 1.48. The van der Waals surface area contributed by atoms with Crippen LogP contribution in [0.1, 0.15) is 18.4 Å². The van der Waals surface area contributed by atoms with E-state index in [4.69, 9.17) is 17.3 Å². The van der Waals surface area contributed by atoms with E-state index in [0.717, 1.165) is 4.47 Å². The van der Waals surface area contributed by atoms with Gasteiger partial charge in [-0.05, 0) is 30.5 Å². The first-order valence-corrected chi connectivity index (χ1v) is 8.32. The van der Waals surface area contributed by atoms with Crippen molar-refractivity contribution in [3.63, 3.8) is 0 Å². The van der Waals surface area contributed by atoms with Crippen molar-refractivity contribution in [1.82, 2.24) is 4.72 Å². The number of amides is 1. The first-order chi connectivity index (χ1) is 8.72. The van der Waals surface area contributed by atoms with E-state index in [1.807, 2.05) is 4.72 Å². The van der Waals surface area contributed by atoms with Crippen molar-refractivity contribution in [3.8, 4) is 0 Å². The molecule has 0 aliphatic heterocycles. The van der Waals surface area contributed by atoms with Gasteiger partial charge in [0.1, 0.15) is 0 Å². The zero-order valence-electron chi connectivity index (χ0n) is 9.82. The van der Waals surface area contributed by atoms with Gasteiger partial charge in [0.05, 0.1) is 11.3 Å². The number of halogens is 2. The fraction of sp³-hybridized carbons (Fsp3) is 0.364. The van der Waals surface area contributed by atoms with Crippen molar-refractivity contribution in [1.29, 1.82) is 0 Å². The van der Waals surface area contributed by atoms with E-state index >= 15 is 0 Å². The average Bonchev–Trinajstić information content (AvgIpc) is 3.01. The SMILES string of the molecule is NC1(C(=O)NS(=O)(=O)Cc2ccc(Br)cc2Cl)CC1. The molecule has 0 radical (unpaired) electrons. The number of hydrogen-bond donors (Lipinski definition) is 2. The maximum atomic E-state index is 11.9. The summed E-state index contributed by atoms with van der Waals surface area (Å²) in [5.41, 5.74) is 5.04. The second-order valence-corrected chi connectivity index (χ2v) is 7.63. The molecule has 3 N–H and O–H groups in total. The van der Waals surface area contributed by atoms with Crippen LogP contribution in [-0.2, 0) is 20.6 Å². The van der Waals surface area contributed by atoms with Gasteiger partial charge in [0.2, 0.25) is 10.0 Å². The summed E-state index contributed by atoms with van der Waals surface area (Å²) in [6.45, 7) is 0. The Balaban J connectivity index is 2.10. The van der Waals surface area contributed by atoms with Crippen LogP contribution in [0.3, 0.4) is 0 Å². The zero-order chi connectivity index (χ0) is 14.3. The van der Waals surface area contributed by atoms with Crippen LogP contribution in [0.25, 0.3) is 0 Å². The van der Waals surface area contributed by atoms with E-state index in [0.29, 0.717) is 23.4 Å². The lowest BCUT2D eigenvalue weighted by atomic mass is 10.2. The molecule has 8 heteroatoms. The summed E-state index contributed by atoms with van der Waals surface area (Å²) in [6, 6.07) is 4.87. The van der Waals surface area contributed by atoms with Crippen molar-refractivity contribution < 1.29 is 13.2 Å². The van der Waals surface area contributed by atoms with Gasteiger partial charge in [-0.15, -0.1) is 0 Å². The third-order valence-corrected chi connectivity index (χ3v) is 4.88. The highest BCUT2D eigenvalue weighted by molar-refractivity contribution is 9.10. The first-order valence-electron chi connectivity index (χ1n) is 5.50. The monoisotopic (exact) mass is 366 g/mol. The number of benzene rings is 1. The highest BCUT2D eigenvalue weighted by Gasteiger charge is 2.47. The molecule has 0 saturated heterocycles. The molecule has 1 amide bonds. The Bertz CT molecular complexity index is 629. The fourth-order valence-corrected chi connectivity index (χ4v) is 3.52. The molecule has 0 spiro atoms. The molecule has 104 valence electrons. The molecule has 1 aromatic rings. The zero-order valence-corrected chi connectivity index (χ0v) is 13.0. The van der Waals surface area contributed by atoms with Gasteiger partial charge in [-0.2, -0.15) is 0 Å². The third kappa shape index (κ3) is 3.68. The second kappa shape index (κ2) is 5.05. The Labute approximate surface area is 124 Å². The molecule has 2 rings (SSSR count). The highest BCUT2D eigenvalue weighted by atomic mass is 79.9. The van der Waals surface area contributed by atoms with Crippen molar-refractivity contribution in [3.05, 3.63) is 33.3 Å². The number of nitrogens with one attached hydrogen (secondary N) is 1. The van der Waals surface area contributed by atoms with E-state index in [1.54, 1.807) is 18.2 Å². The predicted octanol–water partition coefficient (Wildman–Crippen LogP) is 1.54. The first kappa shape index (κ1) is 14.8. The summed E-state index contributed by atoms with van der Waals surface area (Å²) < 4.78 is 26.5. The van der Waals surface area contributed by atoms with Crippen molar-refractivity contribution in [2.75, 3.05) is 0 Å². The van der Waals surface area contributed by atoms with E-state index in [1.165, 1.54) is 0 Å². The number of rotatable bonds is 4. The van der Waals surface area contributed by atoms with Crippen LogP contribution < -0.4 is 10.5 Å². The van der Waals surface area contributed by atoms with Gasteiger partial charge in [0.15, 0.2) is 0 Å². The van der Waals surface area contributed by atoms with Crippen LogP contribution in [-0.4, -0.2) is 19.9 Å². The van der Waals surface area contributed by atoms with Crippen LogP contribution in [0, 0.1) is 0 Å². The van der Waals surface area contributed by atoms with Gasteiger partial charge in [-0.1, -0.05) is 33.6 Å². The standard InChI is InChI=1S/C11H12BrClN2O3S/c12-8-2-1-7(9(13)5-8)6-19(17,18)15-10(16)11(14)3-4-11/h1-2,5H,3-4,6,14H2,(H,15,16). The lowest BCUT2D eigenvalue weighted by molar-refractivity contribution is -0.121. The number of hydrogen-bond acceptors (Lipinski definition) is 4. The Kier molecular flexibility index (Phi) is 3.92. The minimum atomic E-state index is -3.79. The third-order valence-electron chi connectivity index (χ3n) is 2.85. The minimum absolute atomic E-state index is 0.320. The molecule has 1 fully saturated rings. The van der Waals surface area contributed by atoms with Gasteiger partial charge in [-0.3, -0.25) is 9.52 Å². The highest BCUT2D eigenvalue weighted by Crippen LogP contribution is 2.32. The van der Waals surface area contributed by atoms with Crippen LogP contribution in [0.15, 0.2) is 22.7 Å². The van der Waals surface area contributed by atoms with Crippen molar-refractivity contribution >= 4 is 43.5 Å². The van der Waals surface area contributed by atoms with Gasteiger partial charge < -0.3 is 5.73 Å². The van der Waals surface area contributed by atoms with E-state index in [9.17, 15) is 13.2 Å². The second-order valence-electron chi connectivity index (χ2n) is 4.58. The smallest absolute Gasteiger partial charge is 0.253 e. The molecule has 0 bridgehead atoms. The van der Waals surface area contributed by atoms with Crippen LogP contribution in [0.4, 0.5) is 0 Å². The molecule has 0 unspecified atom stereocenters. The number of sulfonamides is 1. The predicted molar refractivity (Wildman–Crippen MR) is 76.1 cm³/mol. The lowest BCUT2D eigenvalue weighted by Crippen LogP contribution is -2.45. The molecule has 0 heterocycles. The normalized spacial score (nSPS) is 17.0. The summed E-state index contributed by atoms with van der Waals surface area (Å²) in [4.78, 5) is 11.6. The maximum Gasteiger partial charge on any atom is 0.253 e. The molecule has 19 heavy (non-hydrogen) atoms. The molecule has 0 aromatic heterocycles. The molecular weight excluding hydrogens is 356 g/mol. The molecule has 1 saturated carbocycles. The Hall–Kier alpha value is -0.630. The Morgan fingerprint density at radius 3 is 2.63 bits per heavy atom.